The molecule has 1 heterocycles. The summed E-state index contributed by atoms with van der Waals surface area (Å²) in [5, 5.41) is 0. The van der Waals surface area contributed by atoms with Crippen LogP contribution in [0.3, 0.4) is 0 Å². The minimum atomic E-state index is -0.364. The van der Waals surface area contributed by atoms with Gasteiger partial charge >= 0.3 is 0 Å². The highest BCUT2D eigenvalue weighted by Gasteiger charge is 2.36. The van der Waals surface area contributed by atoms with Crippen LogP contribution >= 0.6 is 0 Å². The number of carbonyl (C=O) groups is 2. The van der Waals surface area contributed by atoms with Crippen LogP contribution in [0, 0.1) is 0 Å². The van der Waals surface area contributed by atoms with Crippen molar-refractivity contribution in [3.8, 4) is 0 Å². The van der Waals surface area contributed by atoms with Crippen molar-refractivity contribution in [2.24, 2.45) is 0 Å². The first kappa shape index (κ1) is 11.3. The molecule has 0 aliphatic carbocycles. The SMILES string of the molecule is Nc1ccc(N2C(=O)c3ccc(N)cc3C2=O)cc1. The van der Waals surface area contributed by atoms with Crippen LogP contribution < -0.4 is 16.4 Å². The number of nitrogens with two attached hydrogens (primary N) is 2. The zero-order valence-electron chi connectivity index (χ0n) is 9.96. The molecule has 2 amide bonds. The fraction of sp³-hybridized carbons (Fsp3) is 0. The molecule has 1 aliphatic rings. The van der Waals surface area contributed by atoms with Crippen LogP contribution in [0.4, 0.5) is 17.1 Å². The van der Waals surface area contributed by atoms with E-state index in [0.29, 0.717) is 28.2 Å². The molecule has 0 aromatic heterocycles. The van der Waals surface area contributed by atoms with Gasteiger partial charge in [0.15, 0.2) is 0 Å². The summed E-state index contributed by atoms with van der Waals surface area (Å²) in [5.74, 6) is -0.707. The molecule has 1 aliphatic heterocycles. The van der Waals surface area contributed by atoms with E-state index in [9.17, 15) is 9.59 Å². The first-order valence-corrected chi connectivity index (χ1v) is 5.72. The van der Waals surface area contributed by atoms with Gasteiger partial charge in [-0.25, -0.2) is 4.90 Å². The van der Waals surface area contributed by atoms with Crippen molar-refractivity contribution in [2.75, 3.05) is 16.4 Å². The summed E-state index contributed by atoms with van der Waals surface area (Å²) >= 11 is 0. The molecular weight excluding hydrogens is 242 g/mol. The summed E-state index contributed by atoms with van der Waals surface area (Å²) < 4.78 is 0. The van der Waals surface area contributed by atoms with Gasteiger partial charge in [-0.05, 0) is 42.5 Å². The van der Waals surface area contributed by atoms with Crippen molar-refractivity contribution in [2.45, 2.75) is 0 Å². The highest BCUT2D eigenvalue weighted by molar-refractivity contribution is 6.34. The monoisotopic (exact) mass is 253 g/mol. The van der Waals surface area contributed by atoms with Crippen LogP contribution in [-0.4, -0.2) is 11.8 Å². The van der Waals surface area contributed by atoms with Gasteiger partial charge in [-0.3, -0.25) is 9.59 Å². The van der Waals surface area contributed by atoms with E-state index in [0.717, 1.165) is 4.90 Å². The van der Waals surface area contributed by atoms with E-state index >= 15 is 0 Å². The van der Waals surface area contributed by atoms with Gasteiger partial charge in [0, 0.05) is 11.4 Å². The van der Waals surface area contributed by atoms with Gasteiger partial charge in [0.2, 0.25) is 0 Å². The number of rotatable bonds is 1. The number of carbonyl (C=O) groups excluding carboxylic acids is 2. The van der Waals surface area contributed by atoms with E-state index in [-0.39, 0.29) is 11.8 Å². The standard InChI is InChI=1S/C14H11N3O2/c15-8-1-4-10(5-2-8)17-13(18)11-6-3-9(16)7-12(11)14(17)19/h1-7H,15-16H2. The summed E-state index contributed by atoms with van der Waals surface area (Å²) in [4.78, 5) is 25.6. The lowest BCUT2D eigenvalue weighted by Gasteiger charge is -2.13. The minimum Gasteiger partial charge on any atom is -0.399 e. The molecule has 0 radical (unpaired) electrons. The van der Waals surface area contributed by atoms with Crippen molar-refractivity contribution in [1.29, 1.82) is 0 Å². The van der Waals surface area contributed by atoms with Crippen LogP contribution in [0.15, 0.2) is 42.5 Å². The van der Waals surface area contributed by atoms with Crippen LogP contribution in [0.1, 0.15) is 20.7 Å². The molecule has 0 fully saturated rings. The Labute approximate surface area is 109 Å². The van der Waals surface area contributed by atoms with Crippen molar-refractivity contribution in [3.05, 3.63) is 53.6 Å². The normalized spacial score (nSPS) is 13.8. The second-order valence-electron chi connectivity index (χ2n) is 4.34. The first-order valence-electron chi connectivity index (χ1n) is 5.72. The van der Waals surface area contributed by atoms with E-state index in [1.165, 1.54) is 6.07 Å². The van der Waals surface area contributed by atoms with E-state index in [1.54, 1.807) is 36.4 Å². The molecule has 3 rings (SSSR count). The van der Waals surface area contributed by atoms with E-state index in [2.05, 4.69) is 0 Å². The summed E-state index contributed by atoms with van der Waals surface area (Å²) in [6, 6.07) is 11.3. The average molecular weight is 253 g/mol. The van der Waals surface area contributed by atoms with Crippen LogP contribution in [-0.2, 0) is 0 Å². The minimum absolute atomic E-state index is 0.335. The number of hydrogen-bond donors (Lipinski definition) is 2. The van der Waals surface area contributed by atoms with Crippen molar-refractivity contribution in [1.82, 2.24) is 0 Å². The van der Waals surface area contributed by atoms with E-state index < -0.39 is 0 Å². The Kier molecular flexibility index (Phi) is 2.28. The number of nitrogens with zero attached hydrogens (tertiary/aromatic N) is 1. The lowest BCUT2D eigenvalue weighted by atomic mass is 10.1. The Morgan fingerprint density at radius 2 is 1.32 bits per heavy atom. The maximum absolute atomic E-state index is 12.3. The van der Waals surface area contributed by atoms with Gasteiger partial charge in [-0.1, -0.05) is 0 Å². The third-order valence-electron chi connectivity index (χ3n) is 3.06. The third kappa shape index (κ3) is 1.63. The number of nitrogen functional groups attached to an aromatic ring is 2. The molecule has 94 valence electrons. The molecule has 2 aromatic rings. The van der Waals surface area contributed by atoms with Gasteiger partial charge in [-0.2, -0.15) is 0 Å². The lowest BCUT2D eigenvalue weighted by Crippen LogP contribution is -2.29. The topological polar surface area (TPSA) is 89.4 Å². The van der Waals surface area contributed by atoms with Gasteiger partial charge in [0.25, 0.3) is 11.8 Å². The van der Waals surface area contributed by atoms with Crippen LogP contribution in [0.2, 0.25) is 0 Å². The Morgan fingerprint density at radius 3 is 2.00 bits per heavy atom. The first-order chi connectivity index (χ1) is 9.08. The van der Waals surface area contributed by atoms with E-state index in [4.69, 9.17) is 11.5 Å². The fourth-order valence-corrected chi connectivity index (χ4v) is 2.12. The van der Waals surface area contributed by atoms with Gasteiger partial charge in [0.05, 0.1) is 16.8 Å². The molecule has 0 spiro atoms. The van der Waals surface area contributed by atoms with Crippen LogP contribution in [0.5, 0.6) is 0 Å². The maximum atomic E-state index is 12.3. The molecule has 0 saturated heterocycles. The maximum Gasteiger partial charge on any atom is 0.266 e. The highest BCUT2D eigenvalue weighted by atomic mass is 16.2. The molecule has 0 saturated carbocycles. The van der Waals surface area contributed by atoms with Gasteiger partial charge in [-0.15, -0.1) is 0 Å². The van der Waals surface area contributed by atoms with Gasteiger partial charge in [0.1, 0.15) is 0 Å². The zero-order chi connectivity index (χ0) is 13.6. The number of benzene rings is 2. The molecule has 2 aromatic carbocycles. The summed E-state index contributed by atoms with van der Waals surface area (Å²) in [6.07, 6.45) is 0. The molecular formula is C14H11N3O2. The van der Waals surface area contributed by atoms with Gasteiger partial charge < -0.3 is 11.5 Å². The lowest BCUT2D eigenvalue weighted by molar-refractivity contribution is 0.0926. The predicted molar refractivity (Wildman–Crippen MR) is 72.8 cm³/mol. The zero-order valence-corrected chi connectivity index (χ0v) is 9.96. The number of imide groups is 1. The second kappa shape index (κ2) is 3.84. The average Bonchev–Trinajstić information content (AvgIpc) is 2.63. The van der Waals surface area contributed by atoms with Crippen molar-refractivity contribution in [3.63, 3.8) is 0 Å². The van der Waals surface area contributed by atoms with E-state index in [1.807, 2.05) is 0 Å². The molecule has 5 nitrogen and oxygen atoms in total. The molecule has 0 bridgehead atoms. The third-order valence-corrected chi connectivity index (χ3v) is 3.06. The number of hydrogen-bond acceptors (Lipinski definition) is 4. The largest absolute Gasteiger partial charge is 0.399 e. The summed E-state index contributed by atoms with van der Waals surface area (Å²) in [6.45, 7) is 0. The molecule has 0 atom stereocenters. The molecule has 5 heteroatoms. The highest BCUT2D eigenvalue weighted by Crippen LogP contribution is 2.29. The molecule has 19 heavy (non-hydrogen) atoms. The Balaban J connectivity index is 2.10. The smallest absolute Gasteiger partial charge is 0.266 e. The van der Waals surface area contributed by atoms with Crippen LogP contribution in [0.25, 0.3) is 0 Å². The Hall–Kier alpha value is -2.82. The molecule has 4 N–H and O–H groups in total. The summed E-state index contributed by atoms with van der Waals surface area (Å²) in [7, 11) is 0. The quantitative estimate of drug-likeness (QED) is 0.597. The Morgan fingerprint density at radius 1 is 0.737 bits per heavy atom. The summed E-state index contributed by atoms with van der Waals surface area (Å²) in [5.41, 5.74) is 13.5. The van der Waals surface area contributed by atoms with Crippen molar-refractivity contribution < 1.29 is 9.59 Å². The molecule has 0 unspecified atom stereocenters. The number of amides is 2. The number of anilines is 3. The number of fused-ring (bicyclic) bond motifs is 1. The second-order valence-corrected chi connectivity index (χ2v) is 4.34. The fourth-order valence-electron chi connectivity index (χ4n) is 2.12. The van der Waals surface area contributed by atoms with Crippen molar-refractivity contribution >= 4 is 28.9 Å². The predicted octanol–water partition coefficient (Wildman–Crippen LogP) is 1.65. The Bertz CT molecular complexity index is 692.